The molecule has 1 aromatic heterocycles. The number of hydrogen-bond acceptors (Lipinski definition) is 5. The smallest absolute Gasteiger partial charge is 0.259 e. The van der Waals surface area contributed by atoms with Gasteiger partial charge in [0.1, 0.15) is 11.3 Å². The zero-order valence-electron chi connectivity index (χ0n) is 15.5. The second-order valence-corrected chi connectivity index (χ2v) is 6.45. The summed E-state index contributed by atoms with van der Waals surface area (Å²) >= 11 is 0. The Balaban J connectivity index is 1.82. The summed E-state index contributed by atoms with van der Waals surface area (Å²) in [5.41, 5.74) is 7.32. The number of ether oxygens (including phenoxy) is 2. The minimum Gasteiger partial charge on any atom is -0.497 e. The van der Waals surface area contributed by atoms with E-state index in [-0.39, 0.29) is 23.6 Å². The Bertz CT molecular complexity index is 845. The van der Waals surface area contributed by atoms with E-state index >= 15 is 0 Å². The monoisotopic (exact) mass is 369 g/mol. The van der Waals surface area contributed by atoms with Gasteiger partial charge in [0.25, 0.3) is 5.91 Å². The maximum atomic E-state index is 12.9. The SMILES string of the molecule is COc1cccc(-c2ccc(C(=O)N3CCC(C(N)=O)CC3)c(OC)n2)c1. The lowest BCUT2D eigenvalue weighted by Crippen LogP contribution is -2.41. The number of rotatable bonds is 5. The van der Waals surface area contributed by atoms with Gasteiger partial charge in [0.15, 0.2) is 0 Å². The molecule has 7 heteroatoms. The van der Waals surface area contributed by atoms with Crippen LogP contribution in [0.4, 0.5) is 0 Å². The Morgan fingerprint density at radius 3 is 2.48 bits per heavy atom. The number of hydrogen-bond donors (Lipinski definition) is 1. The Hall–Kier alpha value is -3.09. The first-order chi connectivity index (χ1) is 13.0. The van der Waals surface area contributed by atoms with E-state index in [4.69, 9.17) is 15.2 Å². The third-order valence-electron chi connectivity index (χ3n) is 4.83. The number of primary amides is 1. The van der Waals surface area contributed by atoms with Crippen LogP contribution in [0.25, 0.3) is 11.3 Å². The number of methoxy groups -OCH3 is 2. The summed E-state index contributed by atoms with van der Waals surface area (Å²) in [4.78, 5) is 30.4. The van der Waals surface area contributed by atoms with Crippen LogP contribution in [-0.4, -0.2) is 49.0 Å². The number of benzene rings is 1. The zero-order chi connectivity index (χ0) is 19.4. The molecule has 0 atom stereocenters. The molecule has 2 amide bonds. The standard InChI is InChI=1S/C20H23N3O4/c1-26-15-5-3-4-14(12-15)17-7-6-16(19(22-17)27-2)20(25)23-10-8-13(9-11-23)18(21)24/h3-7,12-13H,8-11H2,1-2H3,(H2,21,24). The number of nitrogens with two attached hydrogens (primary N) is 1. The lowest BCUT2D eigenvalue weighted by Gasteiger charge is -2.30. The van der Waals surface area contributed by atoms with E-state index in [1.807, 2.05) is 24.3 Å². The Labute approximate surface area is 158 Å². The minimum absolute atomic E-state index is 0.153. The molecule has 0 saturated carbocycles. The van der Waals surface area contributed by atoms with Crippen LogP contribution in [0.2, 0.25) is 0 Å². The molecule has 1 aliphatic rings. The number of pyridine rings is 1. The normalized spacial score (nSPS) is 14.7. The maximum absolute atomic E-state index is 12.9. The molecule has 1 saturated heterocycles. The van der Waals surface area contributed by atoms with Crippen LogP contribution in [0, 0.1) is 5.92 Å². The Morgan fingerprint density at radius 1 is 1.11 bits per heavy atom. The van der Waals surface area contributed by atoms with Gasteiger partial charge in [-0.3, -0.25) is 9.59 Å². The number of nitrogens with zero attached hydrogens (tertiary/aromatic N) is 2. The molecule has 2 aromatic rings. The molecule has 3 rings (SSSR count). The van der Waals surface area contributed by atoms with Crippen LogP contribution in [0.3, 0.4) is 0 Å². The van der Waals surface area contributed by atoms with Crippen molar-refractivity contribution in [2.45, 2.75) is 12.8 Å². The number of aromatic nitrogens is 1. The summed E-state index contributed by atoms with van der Waals surface area (Å²) in [6.45, 7) is 0.987. The largest absolute Gasteiger partial charge is 0.497 e. The highest BCUT2D eigenvalue weighted by atomic mass is 16.5. The summed E-state index contributed by atoms with van der Waals surface area (Å²) < 4.78 is 10.6. The molecule has 1 fully saturated rings. The van der Waals surface area contributed by atoms with E-state index in [2.05, 4.69) is 4.98 Å². The zero-order valence-corrected chi connectivity index (χ0v) is 15.5. The highest BCUT2D eigenvalue weighted by Gasteiger charge is 2.28. The molecule has 7 nitrogen and oxygen atoms in total. The van der Waals surface area contributed by atoms with E-state index in [1.54, 1.807) is 24.1 Å². The van der Waals surface area contributed by atoms with Gasteiger partial charge in [0, 0.05) is 24.6 Å². The molecule has 2 N–H and O–H groups in total. The van der Waals surface area contributed by atoms with E-state index in [0.29, 0.717) is 37.2 Å². The van der Waals surface area contributed by atoms with Gasteiger partial charge in [-0.1, -0.05) is 12.1 Å². The van der Waals surface area contributed by atoms with Crippen LogP contribution >= 0.6 is 0 Å². The number of amides is 2. The van der Waals surface area contributed by atoms with Crippen molar-refractivity contribution in [3.8, 4) is 22.9 Å². The maximum Gasteiger partial charge on any atom is 0.259 e. The second kappa shape index (κ2) is 8.07. The first kappa shape index (κ1) is 18.7. The molecular formula is C20H23N3O4. The Kier molecular flexibility index (Phi) is 5.59. The van der Waals surface area contributed by atoms with Gasteiger partial charge in [-0.25, -0.2) is 4.98 Å². The molecular weight excluding hydrogens is 346 g/mol. The lowest BCUT2D eigenvalue weighted by atomic mass is 9.96. The summed E-state index contributed by atoms with van der Waals surface area (Å²) in [6, 6.07) is 11.0. The first-order valence-corrected chi connectivity index (χ1v) is 8.81. The van der Waals surface area contributed by atoms with Crippen molar-refractivity contribution in [1.29, 1.82) is 0 Å². The average Bonchev–Trinajstić information content (AvgIpc) is 2.72. The van der Waals surface area contributed by atoms with Gasteiger partial charge in [-0.2, -0.15) is 0 Å². The fraction of sp³-hybridized carbons (Fsp3) is 0.350. The number of carbonyl (C=O) groups is 2. The average molecular weight is 369 g/mol. The predicted molar refractivity (Wildman–Crippen MR) is 101 cm³/mol. The third kappa shape index (κ3) is 4.02. The molecule has 0 aliphatic carbocycles. The van der Waals surface area contributed by atoms with Crippen molar-refractivity contribution in [3.05, 3.63) is 42.0 Å². The third-order valence-corrected chi connectivity index (χ3v) is 4.83. The van der Waals surface area contributed by atoms with Crippen LogP contribution < -0.4 is 15.2 Å². The molecule has 0 spiro atoms. The summed E-state index contributed by atoms with van der Waals surface area (Å²) in [6.07, 6.45) is 1.16. The summed E-state index contributed by atoms with van der Waals surface area (Å²) in [7, 11) is 3.10. The topological polar surface area (TPSA) is 94.8 Å². The number of carbonyl (C=O) groups excluding carboxylic acids is 2. The Morgan fingerprint density at radius 2 is 1.85 bits per heavy atom. The highest BCUT2D eigenvalue weighted by molar-refractivity contribution is 5.97. The molecule has 142 valence electrons. The van der Waals surface area contributed by atoms with Crippen molar-refractivity contribution >= 4 is 11.8 Å². The second-order valence-electron chi connectivity index (χ2n) is 6.45. The van der Waals surface area contributed by atoms with Crippen LogP contribution in [0.1, 0.15) is 23.2 Å². The number of likely N-dealkylation sites (tertiary alicyclic amines) is 1. The van der Waals surface area contributed by atoms with Crippen molar-refractivity contribution in [2.75, 3.05) is 27.3 Å². The number of piperidine rings is 1. The van der Waals surface area contributed by atoms with Crippen molar-refractivity contribution in [3.63, 3.8) is 0 Å². The van der Waals surface area contributed by atoms with Gasteiger partial charge in [0.05, 0.1) is 19.9 Å². The van der Waals surface area contributed by atoms with Crippen LogP contribution in [0.15, 0.2) is 36.4 Å². The summed E-state index contributed by atoms with van der Waals surface area (Å²) in [5.74, 6) is 0.385. The minimum atomic E-state index is -0.302. The van der Waals surface area contributed by atoms with E-state index in [0.717, 1.165) is 11.3 Å². The highest BCUT2D eigenvalue weighted by Crippen LogP contribution is 2.27. The quantitative estimate of drug-likeness (QED) is 0.871. The van der Waals surface area contributed by atoms with E-state index in [1.165, 1.54) is 7.11 Å². The van der Waals surface area contributed by atoms with Gasteiger partial charge in [0.2, 0.25) is 11.8 Å². The van der Waals surface area contributed by atoms with Crippen LogP contribution in [-0.2, 0) is 4.79 Å². The van der Waals surface area contributed by atoms with Crippen molar-refractivity contribution in [1.82, 2.24) is 9.88 Å². The molecule has 0 bridgehead atoms. The summed E-state index contributed by atoms with van der Waals surface area (Å²) in [5, 5.41) is 0. The molecule has 2 heterocycles. The lowest BCUT2D eigenvalue weighted by molar-refractivity contribution is -0.123. The molecule has 27 heavy (non-hydrogen) atoms. The fourth-order valence-corrected chi connectivity index (χ4v) is 3.24. The van der Waals surface area contributed by atoms with Gasteiger partial charge in [-0.15, -0.1) is 0 Å². The first-order valence-electron chi connectivity index (χ1n) is 8.81. The molecule has 1 aromatic carbocycles. The van der Waals surface area contributed by atoms with Gasteiger partial charge < -0.3 is 20.1 Å². The van der Waals surface area contributed by atoms with E-state index in [9.17, 15) is 9.59 Å². The fourth-order valence-electron chi connectivity index (χ4n) is 3.24. The van der Waals surface area contributed by atoms with Gasteiger partial charge >= 0.3 is 0 Å². The van der Waals surface area contributed by atoms with E-state index < -0.39 is 0 Å². The van der Waals surface area contributed by atoms with Crippen molar-refractivity contribution in [2.24, 2.45) is 11.7 Å². The van der Waals surface area contributed by atoms with Crippen LogP contribution in [0.5, 0.6) is 11.6 Å². The van der Waals surface area contributed by atoms with Crippen molar-refractivity contribution < 1.29 is 19.1 Å². The molecule has 1 aliphatic heterocycles. The van der Waals surface area contributed by atoms with Gasteiger partial charge in [-0.05, 0) is 37.1 Å². The predicted octanol–water partition coefficient (Wildman–Crippen LogP) is 2.10. The molecule has 0 unspecified atom stereocenters. The molecule has 0 radical (unpaired) electrons.